The predicted molar refractivity (Wildman–Crippen MR) is 67.5 cm³/mol. The van der Waals surface area contributed by atoms with E-state index in [1.54, 1.807) is 0 Å². The minimum absolute atomic E-state index is 0.00519. The van der Waals surface area contributed by atoms with Crippen LogP contribution in [0.1, 0.15) is 10.4 Å². The normalized spacial score (nSPS) is 11.2. The molecule has 1 aromatic carbocycles. The monoisotopic (exact) mass is 292 g/mol. The van der Waals surface area contributed by atoms with Gasteiger partial charge in [0.2, 0.25) is 0 Å². The molecular weight excluding hydrogens is 277 g/mol. The van der Waals surface area contributed by atoms with E-state index in [0.717, 1.165) is 4.90 Å². The van der Waals surface area contributed by atoms with Gasteiger partial charge in [-0.15, -0.1) is 0 Å². The van der Waals surface area contributed by atoms with Crippen molar-refractivity contribution < 1.29 is 27.8 Å². The Morgan fingerprint density at radius 1 is 1.45 bits per heavy atom. The lowest BCUT2D eigenvalue weighted by atomic mass is 10.1. The molecule has 8 heteroatoms. The summed E-state index contributed by atoms with van der Waals surface area (Å²) in [7, 11) is 1.19. The van der Waals surface area contributed by atoms with Gasteiger partial charge in [-0.05, 0) is 18.2 Å². The summed E-state index contributed by atoms with van der Waals surface area (Å²) in [6.07, 6.45) is -4.43. The summed E-state index contributed by atoms with van der Waals surface area (Å²) in [5.74, 6) is -0.632. The zero-order chi connectivity index (χ0) is 15.3. The molecular formula is C12H15F3N2O3. The van der Waals surface area contributed by atoms with Crippen LogP contribution in [0.4, 0.5) is 24.5 Å². The first-order valence-corrected chi connectivity index (χ1v) is 5.69. The Morgan fingerprint density at radius 2 is 2.10 bits per heavy atom. The molecule has 0 heterocycles. The maximum Gasteiger partial charge on any atom is 0.405 e. The summed E-state index contributed by atoms with van der Waals surface area (Å²) >= 11 is 0. The standard InChI is InChI=1S/C12H15F3N2O3/c1-20-11(19)8-2-3-10(9(16)6-8)17(4-5-18)7-12(13,14)15/h2-3,6,18H,4-5,7,16H2,1H3. The van der Waals surface area contributed by atoms with Gasteiger partial charge in [0.05, 0.1) is 30.7 Å². The average Bonchev–Trinajstić information content (AvgIpc) is 2.35. The van der Waals surface area contributed by atoms with Gasteiger partial charge in [0.25, 0.3) is 0 Å². The van der Waals surface area contributed by atoms with E-state index in [0.29, 0.717) is 0 Å². The molecule has 0 aromatic heterocycles. The molecule has 0 unspecified atom stereocenters. The van der Waals surface area contributed by atoms with Crippen LogP contribution in [-0.4, -0.2) is 44.1 Å². The van der Waals surface area contributed by atoms with Gasteiger partial charge in [0.15, 0.2) is 0 Å². The highest BCUT2D eigenvalue weighted by Crippen LogP contribution is 2.28. The number of hydrogen-bond acceptors (Lipinski definition) is 5. The fraction of sp³-hybridized carbons (Fsp3) is 0.417. The average molecular weight is 292 g/mol. The molecule has 3 N–H and O–H groups in total. The van der Waals surface area contributed by atoms with E-state index < -0.39 is 25.3 Å². The zero-order valence-corrected chi connectivity index (χ0v) is 10.8. The van der Waals surface area contributed by atoms with Crippen LogP contribution < -0.4 is 10.6 Å². The van der Waals surface area contributed by atoms with Crippen LogP contribution >= 0.6 is 0 Å². The number of nitrogen functional groups attached to an aromatic ring is 1. The van der Waals surface area contributed by atoms with Gasteiger partial charge in [-0.3, -0.25) is 0 Å². The Balaban J connectivity index is 3.05. The molecule has 0 atom stereocenters. The number of alkyl halides is 3. The number of rotatable bonds is 5. The molecule has 5 nitrogen and oxygen atoms in total. The van der Waals surface area contributed by atoms with Crippen molar-refractivity contribution in [2.45, 2.75) is 6.18 Å². The number of nitrogens with two attached hydrogens (primary N) is 1. The minimum atomic E-state index is -4.43. The molecule has 1 rings (SSSR count). The van der Waals surface area contributed by atoms with E-state index in [-0.39, 0.29) is 23.5 Å². The lowest BCUT2D eigenvalue weighted by Gasteiger charge is -2.26. The highest BCUT2D eigenvalue weighted by Gasteiger charge is 2.31. The third kappa shape index (κ3) is 4.30. The second kappa shape index (κ2) is 6.47. The molecule has 112 valence electrons. The number of ether oxygens (including phenoxy) is 1. The number of aliphatic hydroxyl groups excluding tert-OH is 1. The molecule has 1 aromatic rings. The Morgan fingerprint density at radius 3 is 2.55 bits per heavy atom. The van der Waals surface area contributed by atoms with Crippen molar-refractivity contribution in [2.24, 2.45) is 0 Å². The number of carbonyl (C=O) groups excluding carboxylic acids is 1. The summed E-state index contributed by atoms with van der Waals surface area (Å²) in [6, 6.07) is 3.85. The number of hydrogen-bond donors (Lipinski definition) is 2. The molecule has 0 saturated carbocycles. The van der Waals surface area contributed by atoms with Crippen LogP contribution in [0.25, 0.3) is 0 Å². The number of carbonyl (C=O) groups is 1. The molecule has 0 bridgehead atoms. The summed E-state index contributed by atoms with van der Waals surface area (Å²) in [4.78, 5) is 12.2. The number of anilines is 2. The second-order valence-corrected chi connectivity index (χ2v) is 4.03. The molecule has 0 saturated heterocycles. The quantitative estimate of drug-likeness (QED) is 0.634. The van der Waals surface area contributed by atoms with Crippen LogP contribution in [0.5, 0.6) is 0 Å². The molecule has 0 aliphatic rings. The highest BCUT2D eigenvalue weighted by atomic mass is 19.4. The molecule has 20 heavy (non-hydrogen) atoms. The topological polar surface area (TPSA) is 75.8 Å². The Kier molecular flexibility index (Phi) is 5.20. The molecule has 0 amide bonds. The first-order valence-electron chi connectivity index (χ1n) is 5.69. The third-order valence-corrected chi connectivity index (χ3v) is 2.53. The van der Waals surface area contributed by atoms with Crippen molar-refractivity contribution in [1.29, 1.82) is 0 Å². The summed E-state index contributed by atoms with van der Waals surface area (Å²) in [5, 5.41) is 8.84. The van der Waals surface area contributed by atoms with Crippen LogP contribution in [0.3, 0.4) is 0 Å². The number of halogens is 3. The maximum absolute atomic E-state index is 12.5. The van der Waals surface area contributed by atoms with E-state index in [1.165, 1.54) is 25.3 Å². The predicted octanol–water partition coefficient (Wildman–Crippen LogP) is 1.42. The number of nitrogens with zero attached hydrogens (tertiary/aromatic N) is 1. The fourth-order valence-electron chi connectivity index (χ4n) is 1.71. The van der Waals surface area contributed by atoms with Gasteiger partial charge in [0, 0.05) is 6.54 Å². The van der Waals surface area contributed by atoms with Crippen LogP contribution in [-0.2, 0) is 4.74 Å². The number of methoxy groups -OCH3 is 1. The summed E-state index contributed by atoms with van der Waals surface area (Å²) in [5.41, 5.74) is 5.91. The van der Waals surface area contributed by atoms with E-state index in [1.807, 2.05) is 0 Å². The van der Waals surface area contributed by atoms with Crippen molar-refractivity contribution in [3.05, 3.63) is 23.8 Å². The van der Waals surface area contributed by atoms with E-state index in [4.69, 9.17) is 10.8 Å². The molecule has 0 fully saturated rings. The first kappa shape index (κ1) is 16.1. The molecule has 0 radical (unpaired) electrons. The van der Waals surface area contributed by atoms with Crippen molar-refractivity contribution in [3.8, 4) is 0 Å². The second-order valence-electron chi connectivity index (χ2n) is 4.03. The highest BCUT2D eigenvalue weighted by molar-refractivity contribution is 5.91. The lowest BCUT2D eigenvalue weighted by molar-refractivity contribution is -0.119. The number of aliphatic hydroxyl groups is 1. The van der Waals surface area contributed by atoms with Gasteiger partial charge < -0.3 is 20.5 Å². The molecule has 0 spiro atoms. The van der Waals surface area contributed by atoms with Gasteiger partial charge in [-0.2, -0.15) is 13.2 Å². The largest absolute Gasteiger partial charge is 0.465 e. The van der Waals surface area contributed by atoms with Crippen molar-refractivity contribution >= 4 is 17.3 Å². The SMILES string of the molecule is COC(=O)c1ccc(N(CCO)CC(F)(F)F)c(N)c1. The summed E-state index contributed by atoms with van der Waals surface area (Å²) < 4.78 is 41.9. The Labute approximate surface area is 113 Å². The van der Waals surface area contributed by atoms with Gasteiger partial charge in [-0.1, -0.05) is 0 Å². The van der Waals surface area contributed by atoms with E-state index >= 15 is 0 Å². The van der Waals surface area contributed by atoms with Crippen molar-refractivity contribution in [3.63, 3.8) is 0 Å². The van der Waals surface area contributed by atoms with E-state index in [2.05, 4.69) is 4.74 Å². The zero-order valence-electron chi connectivity index (χ0n) is 10.8. The molecule has 0 aliphatic heterocycles. The van der Waals surface area contributed by atoms with Crippen molar-refractivity contribution in [2.75, 3.05) is 37.4 Å². The minimum Gasteiger partial charge on any atom is -0.465 e. The number of benzene rings is 1. The van der Waals surface area contributed by atoms with Gasteiger partial charge >= 0.3 is 12.1 Å². The number of esters is 1. The first-order chi connectivity index (χ1) is 9.28. The summed E-state index contributed by atoms with van der Waals surface area (Å²) in [6.45, 7) is -1.91. The fourth-order valence-corrected chi connectivity index (χ4v) is 1.71. The van der Waals surface area contributed by atoms with Crippen LogP contribution in [0.15, 0.2) is 18.2 Å². The third-order valence-electron chi connectivity index (χ3n) is 2.53. The van der Waals surface area contributed by atoms with Crippen molar-refractivity contribution in [1.82, 2.24) is 0 Å². The van der Waals surface area contributed by atoms with Gasteiger partial charge in [-0.25, -0.2) is 4.79 Å². The maximum atomic E-state index is 12.5. The lowest BCUT2D eigenvalue weighted by Crippen LogP contribution is -2.36. The molecule has 0 aliphatic carbocycles. The van der Waals surface area contributed by atoms with Crippen LogP contribution in [0, 0.1) is 0 Å². The van der Waals surface area contributed by atoms with Crippen LogP contribution in [0.2, 0.25) is 0 Å². The van der Waals surface area contributed by atoms with E-state index in [9.17, 15) is 18.0 Å². The smallest absolute Gasteiger partial charge is 0.405 e. The Hall–Kier alpha value is -1.96. The van der Waals surface area contributed by atoms with Gasteiger partial charge in [0.1, 0.15) is 6.54 Å². The Bertz CT molecular complexity index is 478.